The second-order valence-electron chi connectivity index (χ2n) is 4.38. The molecule has 2 rings (SSSR count). The molecule has 0 bridgehead atoms. The Morgan fingerprint density at radius 2 is 2.06 bits per heavy atom. The Morgan fingerprint density at radius 3 is 2.56 bits per heavy atom. The van der Waals surface area contributed by atoms with Crippen molar-refractivity contribution in [2.45, 2.75) is 19.4 Å². The molecule has 0 aromatic heterocycles. The van der Waals surface area contributed by atoms with E-state index in [1.165, 1.54) is 6.07 Å². The zero-order valence-electron chi connectivity index (χ0n) is 9.50. The first-order valence-corrected chi connectivity index (χ1v) is 5.89. The van der Waals surface area contributed by atoms with Crippen molar-refractivity contribution < 1.29 is 13.6 Å². The van der Waals surface area contributed by atoms with Gasteiger partial charge in [-0.2, -0.15) is 0 Å². The summed E-state index contributed by atoms with van der Waals surface area (Å²) in [5.41, 5.74) is 5.27. The van der Waals surface area contributed by atoms with E-state index in [0.717, 1.165) is 12.1 Å². The molecule has 1 aromatic carbocycles. The molecule has 18 heavy (non-hydrogen) atoms. The van der Waals surface area contributed by atoms with E-state index in [1.807, 2.05) is 0 Å². The minimum absolute atomic E-state index is 0.125. The first-order chi connectivity index (χ1) is 8.45. The summed E-state index contributed by atoms with van der Waals surface area (Å²) in [4.78, 5) is 12.0. The van der Waals surface area contributed by atoms with E-state index in [-0.39, 0.29) is 17.4 Å². The highest BCUT2D eigenvalue weighted by atomic mass is 32.1. The second kappa shape index (κ2) is 4.61. The number of nitrogens with two attached hydrogens (primary N) is 1. The van der Waals surface area contributed by atoms with Gasteiger partial charge in [0.1, 0.15) is 0 Å². The lowest BCUT2D eigenvalue weighted by Crippen LogP contribution is -2.39. The smallest absolute Gasteiger partial charge is 0.233 e. The van der Waals surface area contributed by atoms with Crippen molar-refractivity contribution in [3.05, 3.63) is 35.4 Å². The number of rotatable bonds is 4. The van der Waals surface area contributed by atoms with E-state index in [0.29, 0.717) is 18.4 Å². The lowest BCUT2D eigenvalue weighted by molar-refractivity contribution is -0.124. The molecular formula is C12H12F2N2OS. The van der Waals surface area contributed by atoms with Gasteiger partial charge in [0.25, 0.3) is 0 Å². The summed E-state index contributed by atoms with van der Waals surface area (Å²) >= 11 is 4.85. The molecule has 0 saturated heterocycles. The SMILES string of the molecule is NC(=S)C1(C(=O)NCc2ccc(F)c(F)c2)CC1. The Balaban J connectivity index is 1.98. The Labute approximate surface area is 108 Å². The average Bonchev–Trinajstić information content (AvgIpc) is 3.11. The van der Waals surface area contributed by atoms with E-state index < -0.39 is 17.0 Å². The Morgan fingerprint density at radius 1 is 1.39 bits per heavy atom. The third-order valence-electron chi connectivity index (χ3n) is 3.09. The molecule has 1 aromatic rings. The summed E-state index contributed by atoms with van der Waals surface area (Å²) < 4.78 is 25.7. The van der Waals surface area contributed by atoms with Gasteiger partial charge in [-0.1, -0.05) is 18.3 Å². The first-order valence-electron chi connectivity index (χ1n) is 5.48. The molecule has 3 N–H and O–H groups in total. The van der Waals surface area contributed by atoms with Crippen LogP contribution in [0.4, 0.5) is 8.78 Å². The highest BCUT2D eigenvalue weighted by molar-refractivity contribution is 7.80. The van der Waals surface area contributed by atoms with E-state index >= 15 is 0 Å². The maximum absolute atomic E-state index is 12.9. The van der Waals surface area contributed by atoms with Crippen molar-refractivity contribution in [3.63, 3.8) is 0 Å². The third kappa shape index (κ3) is 2.33. The average molecular weight is 270 g/mol. The van der Waals surface area contributed by atoms with Crippen molar-refractivity contribution >= 4 is 23.1 Å². The van der Waals surface area contributed by atoms with Crippen LogP contribution in [0.5, 0.6) is 0 Å². The number of benzene rings is 1. The largest absolute Gasteiger partial charge is 0.392 e. The van der Waals surface area contributed by atoms with E-state index in [2.05, 4.69) is 5.32 Å². The van der Waals surface area contributed by atoms with Crippen molar-refractivity contribution in [1.29, 1.82) is 0 Å². The van der Waals surface area contributed by atoms with Crippen molar-refractivity contribution in [2.24, 2.45) is 11.1 Å². The molecule has 0 radical (unpaired) electrons. The van der Waals surface area contributed by atoms with E-state index in [9.17, 15) is 13.6 Å². The van der Waals surface area contributed by atoms with Crippen LogP contribution in [0, 0.1) is 17.0 Å². The molecule has 96 valence electrons. The standard InChI is InChI=1S/C12H12F2N2OS/c13-8-2-1-7(5-9(8)14)6-16-11(17)12(3-4-12)10(15)18/h1-2,5H,3-4,6H2,(H2,15,18)(H,16,17). The minimum Gasteiger partial charge on any atom is -0.392 e. The molecule has 0 heterocycles. The first kappa shape index (κ1) is 12.9. The van der Waals surface area contributed by atoms with Gasteiger partial charge >= 0.3 is 0 Å². The zero-order chi connectivity index (χ0) is 13.3. The number of carbonyl (C=O) groups is 1. The van der Waals surface area contributed by atoms with Crippen LogP contribution in [0.15, 0.2) is 18.2 Å². The quantitative estimate of drug-likeness (QED) is 0.818. The molecule has 1 fully saturated rings. The fraction of sp³-hybridized carbons (Fsp3) is 0.333. The monoisotopic (exact) mass is 270 g/mol. The fourth-order valence-electron chi connectivity index (χ4n) is 1.71. The van der Waals surface area contributed by atoms with Gasteiger partial charge < -0.3 is 11.1 Å². The van der Waals surface area contributed by atoms with Crippen LogP contribution in [-0.4, -0.2) is 10.9 Å². The summed E-state index contributed by atoms with van der Waals surface area (Å²) in [5, 5.41) is 2.63. The highest BCUT2D eigenvalue weighted by Gasteiger charge is 2.52. The van der Waals surface area contributed by atoms with Gasteiger partial charge in [-0.15, -0.1) is 0 Å². The number of thiocarbonyl (C=S) groups is 1. The molecule has 0 atom stereocenters. The molecule has 1 amide bonds. The molecule has 0 spiro atoms. The normalized spacial score (nSPS) is 16.1. The maximum Gasteiger partial charge on any atom is 0.233 e. The molecule has 1 saturated carbocycles. The summed E-state index contributed by atoms with van der Waals surface area (Å²) in [6, 6.07) is 3.49. The number of hydrogen-bond donors (Lipinski definition) is 2. The van der Waals surface area contributed by atoms with Gasteiger partial charge in [-0.3, -0.25) is 4.79 Å². The number of carbonyl (C=O) groups excluding carboxylic acids is 1. The number of hydrogen-bond acceptors (Lipinski definition) is 2. The summed E-state index contributed by atoms with van der Waals surface area (Å²) in [7, 11) is 0. The summed E-state index contributed by atoms with van der Waals surface area (Å²) in [6.45, 7) is 0.125. The fourth-order valence-corrected chi connectivity index (χ4v) is 2.01. The predicted octanol–water partition coefficient (Wildman–Crippen LogP) is 1.65. The second-order valence-corrected chi connectivity index (χ2v) is 4.82. The van der Waals surface area contributed by atoms with E-state index in [4.69, 9.17) is 18.0 Å². The van der Waals surface area contributed by atoms with Crippen molar-refractivity contribution in [3.8, 4) is 0 Å². The van der Waals surface area contributed by atoms with Gasteiger partial charge in [0.15, 0.2) is 11.6 Å². The topological polar surface area (TPSA) is 55.1 Å². The van der Waals surface area contributed by atoms with Crippen LogP contribution < -0.4 is 11.1 Å². The Kier molecular flexibility index (Phi) is 3.30. The van der Waals surface area contributed by atoms with Gasteiger partial charge in [0.05, 0.1) is 10.4 Å². The highest BCUT2D eigenvalue weighted by Crippen LogP contribution is 2.46. The molecule has 3 nitrogen and oxygen atoms in total. The lowest BCUT2D eigenvalue weighted by atomic mass is 10.1. The number of nitrogens with one attached hydrogen (secondary N) is 1. The molecule has 1 aliphatic carbocycles. The summed E-state index contributed by atoms with van der Waals surface area (Å²) in [5.74, 6) is -2.09. The Bertz CT molecular complexity index is 515. The van der Waals surface area contributed by atoms with Crippen LogP contribution in [0.3, 0.4) is 0 Å². The minimum atomic E-state index is -0.933. The molecule has 6 heteroatoms. The van der Waals surface area contributed by atoms with Crippen LogP contribution in [0.25, 0.3) is 0 Å². The van der Waals surface area contributed by atoms with Crippen molar-refractivity contribution in [2.75, 3.05) is 0 Å². The summed E-state index contributed by atoms with van der Waals surface area (Å²) in [6.07, 6.45) is 1.29. The van der Waals surface area contributed by atoms with Crippen LogP contribution >= 0.6 is 12.2 Å². The van der Waals surface area contributed by atoms with Gasteiger partial charge in [0.2, 0.25) is 5.91 Å². The van der Waals surface area contributed by atoms with Crippen LogP contribution in [0.1, 0.15) is 18.4 Å². The maximum atomic E-state index is 12.9. The molecular weight excluding hydrogens is 258 g/mol. The molecule has 0 unspecified atom stereocenters. The van der Waals surface area contributed by atoms with E-state index in [1.54, 1.807) is 0 Å². The van der Waals surface area contributed by atoms with Gasteiger partial charge in [-0.25, -0.2) is 8.78 Å². The number of halogens is 2. The van der Waals surface area contributed by atoms with Crippen LogP contribution in [0.2, 0.25) is 0 Å². The molecule has 0 aliphatic heterocycles. The number of amides is 1. The molecule has 1 aliphatic rings. The van der Waals surface area contributed by atoms with Gasteiger partial charge in [-0.05, 0) is 30.5 Å². The predicted molar refractivity (Wildman–Crippen MR) is 66.7 cm³/mol. The lowest BCUT2D eigenvalue weighted by Gasteiger charge is -2.13. The van der Waals surface area contributed by atoms with Gasteiger partial charge in [0, 0.05) is 6.54 Å². The van der Waals surface area contributed by atoms with Crippen LogP contribution in [-0.2, 0) is 11.3 Å². The zero-order valence-corrected chi connectivity index (χ0v) is 10.3. The Hall–Kier alpha value is -1.56. The van der Waals surface area contributed by atoms with Crippen molar-refractivity contribution in [1.82, 2.24) is 5.32 Å². The third-order valence-corrected chi connectivity index (χ3v) is 3.48.